The molecule has 0 fully saturated rings. The Morgan fingerprint density at radius 3 is 2.36 bits per heavy atom. The zero-order valence-corrected chi connectivity index (χ0v) is 13.8. The first-order chi connectivity index (χ1) is 10.6. The number of aryl methyl sites for hydroxylation is 1. The first-order valence-electron chi connectivity index (χ1n) is 8.12. The van der Waals surface area contributed by atoms with Crippen LogP contribution in [0, 0.1) is 6.92 Å². The van der Waals surface area contributed by atoms with Gasteiger partial charge in [-0.1, -0.05) is 32.6 Å². The Morgan fingerprint density at radius 2 is 1.77 bits per heavy atom. The minimum absolute atomic E-state index is 0.0834. The van der Waals surface area contributed by atoms with Crippen LogP contribution >= 0.6 is 0 Å². The topological polar surface area (TPSA) is 47.0 Å². The van der Waals surface area contributed by atoms with E-state index in [-0.39, 0.29) is 5.69 Å². The maximum atomic E-state index is 11.6. The largest absolute Gasteiger partial charge is 0.494 e. The standard InChI is InChI=1S/C18H26N2O2/c1-4-5-6-7-8-13-22-16-11-9-15(10-12-16)17-14(2)19-18(21)20(17)3/h9-12H,4-8,13H2,1-3H3,(H,19,21). The Labute approximate surface area is 132 Å². The van der Waals surface area contributed by atoms with Gasteiger partial charge in [0.05, 0.1) is 12.3 Å². The van der Waals surface area contributed by atoms with Crippen LogP contribution < -0.4 is 10.4 Å². The summed E-state index contributed by atoms with van der Waals surface area (Å²) in [4.78, 5) is 14.5. The lowest BCUT2D eigenvalue weighted by molar-refractivity contribution is 0.304. The predicted octanol–water partition coefficient (Wildman–Crippen LogP) is 4.04. The molecule has 0 aliphatic rings. The molecule has 120 valence electrons. The molecule has 1 heterocycles. The minimum atomic E-state index is -0.0834. The van der Waals surface area contributed by atoms with E-state index in [1.165, 1.54) is 25.7 Å². The van der Waals surface area contributed by atoms with Crippen LogP contribution in [0.25, 0.3) is 11.3 Å². The van der Waals surface area contributed by atoms with Crippen molar-refractivity contribution in [3.05, 3.63) is 40.4 Å². The number of hydrogen-bond acceptors (Lipinski definition) is 2. The van der Waals surface area contributed by atoms with Crippen LogP contribution in [0.4, 0.5) is 0 Å². The highest BCUT2D eigenvalue weighted by molar-refractivity contribution is 5.63. The highest BCUT2D eigenvalue weighted by atomic mass is 16.5. The fourth-order valence-corrected chi connectivity index (χ4v) is 2.67. The van der Waals surface area contributed by atoms with E-state index in [0.29, 0.717) is 0 Å². The van der Waals surface area contributed by atoms with E-state index >= 15 is 0 Å². The summed E-state index contributed by atoms with van der Waals surface area (Å²) in [5.41, 5.74) is 2.75. The zero-order chi connectivity index (χ0) is 15.9. The van der Waals surface area contributed by atoms with Crippen LogP contribution in [0.5, 0.6) is 5.75 Å². The summed E-state index contributed by atoms with van der Waals surface area (Å²) in [5, 5.41) is 0. The van der Waals surface area contributed by atoms with Crippen LogP contribution in [0.1, 0.15) is 44.7 Å². The van der Waals surface area contributed by atoms with Crippen molar-refractivity contribution in [1.29, 1.82) is 0 Å². The van der Waals surface area contributed by atoms with E-state index in [4.69, 9.17) is 4.74 Å². The number of nitrogens with one attached hydrogen (secondary N) is 1. The summed E-state index contributed by atoms with van der Waals surface area (Å²) in [6, 6.07) is 7.95. The van der Waals surface area contributed by atoms with Gasteiger partial charge in [0, 0.05) is 18.3 Å². The molecule has 0 atom stereocenters. The average Bonchev–Trinajstić information content (AvgIpc) is 2.77. The highest BCUT2D eigenvalue weighted by Gasteiger charge is 2.09. The van der Waals surface area contributed by atoms with Gasteiger partial charge in [-0.25, -0.2) is 4.79 Å². The lowest BCUT2D eigenvalue weighted by Crippen LogP contribution is -2.13. The number of aromatic nitrogens is 2. The van der Waals surface area contributed by atoms with E-state index in [1.54, 1.807) is 11.6 Å². The molecule has 4 heteroatoms. The monoisotopic (exact) mass is 302 g/mol. The second-order valence-corrected chi connectivity index (χ2v) is 5.75. The van der Waals surface area contributed by atoms with E-state index in [2.05, 4.69) is 11.9 Å². The van der Waals surface area contributed by atoms with Gasteiger partial charge in [-0.15, -0.1) is 0 Å². The molecule has 0 saturated carbocycles. The number of imidazole rings is 1. The predicted molar refractivity (Wildman–Crippen MR) is 90.5 cm³/mol. The summed E-state index contributed by atoms with van der Waals surface area (Å²) >= 11 is 0. The van der Waals surface area contributed by atoms with Crippen LogP contribution in [-0.2, 0) is 7.05 Å². The molecule has 0 aliphatic carbocycles. The lowest BCUT2D eigenvalue weighted by atomic mass is 10.1. The SMILES string of the molecule is CCCCCCCOc1ccc(-c2c(C)[nH]c(=O)n2C)cc1. The van der Waals surface area contributed by atoms with Crippen molar-refractivity contribution in [2.45, 2.75) is 46.0 Å². The normalized spacial score (nSPS) is 10.9. The maximum absolute atomic E-state index is 11.6. The molecule has 2 rings (SSSR count). The molecule has 1 aromatic heterocycles. The average molecular weight is 302 g/mol. The number of nitrogens with zero attached hydrogens (tertiary/aromatic N) is 1. The van der Waals surface area contributed by atoms with E-state index in [1.807, 2.05) is 31.2 Å². The Morgan fingerprint density at radius 1 is 1.09 bits per heavy atom. The molecule has 0 aliphatic heterocycles. The van der Waals surface area contributed by atoms with Gasteiger partial charge in [0.1, 0.15) is 5.75 Å². The highest BCUT2D eigenvalue weighted by Crippen LogP contribution is 2.23. The van der Waals surface area contributed by atoms with Crippen molar-refractivity contribution >= 4 is 0 Å². The van der Waals surface area contributed by atoms with Gasteiger partial charge in [0.2, 0.25) is 0 Å². The number of ether oxygens (including phenoxy) is 1. The second-order valence-electron chi connectivity index (χ2n) is 5.75. The van der Waals surface area contributed by atoms with Crippen LogP contribution in [0.3, 0.4) is 0 Å². The van der Waals surface area contributed by atoms with Gasteiger partial charge in [0.25, 0.3) is 0 Å². The van der Waals surface area contributed by atoms with Gasteiger partial charge >= 0.3 is 5.69 Å². The number of H-pyrrole nitrogens is 1. The molecule has 22 heavy (non-hydrogen) atoms. The van der Waals surface area contributed by atoms with Gasteiger partial charge in [0.15, 0.2) is 0 Å². The van der Waals surface area contributed by atoms with E-state index < -0.39 is 0 Å². The summed E-state index contributed by atoms with van der Waals surface area (Å²) in [7, 11) is 1.78. The van der Waals surface area contributed by atoms with Crippen LogP contribution in [-0.4, -0.2) is 16.2 Å². The zero-order valence-electron chi connectivity index (χ0n) is 13.8. The van der Waals surface area contributed by atoms with Gasteiger partial charge < -0.3 is 9.72 Å². The molecule has 4 nitrogen and oxygen atoms in total. The van der Waals surface area contributed by atoms with E-state index in [0.717, 1.165) is 35.7 Å². The first kappa shape index (κ1) is 16.4. The summed E-state index contributed by atoms with van der Waals surface area (Å²) in [6.45, 7) is 4.91. The van der Waals surface area contributed by atoms with Crippen molar-refractivity contribution < 1.29 is 4.74 Å². The Balaban J connectivity index is 1.92. The Hall–Kier alpha value is -1.97. The van der Waals surface area contributed by atoms with Crippen molar-refractivity contribution in [1.82, 2.24) is 9.55 Å². The van der Waals surface area contributed by atoms with Crippen molar-refractivity contribution in [2.75, 3.05) is 6.61 Å². The van der Waals surface area contributed by atoms with Gasteiger partial charge in [-0.05, 0) is 37.6 Å². The quantitative estimate of drug-likeness (QED) is 0.748. The van der Waals surface area contributed by atoms with Crippen LogP contribution in [0.15, 0.2) is 29.1 Å². The maximum Gasteiger partial charge on any atom is 0.325 e. The van der Waals surface area contributed by atoms with Crippen molar-refractivity contribution in [2.24, 2.45) is 7.05 Å². The second kappa shape index (κ2) is 7.87. The molecule has 0 radical (unpaired) electrons. The number of benzene rings is 1. The Kier molecular flexibility index (Phi) is 5.87. The molecule has 2 aromatic rings. The number of rotatable bonds is 8. The molecular formula is C18H26N2O2. The molecule has 0 saturated heterocycles. The molecule has 0 unspecified atom stereocenters. The number of aromatic amines is 1. The molecule has 0 bridgehead atoms. The fourth-order valence-electron chi connectivity index (χ4n) is 2.67. The smallest absolute Gasteiger partial charge is 0.325 e. The number of hydrogen-bond donors (Lipinski definition) is 1. The third-order valence-corrected chi connectivity index (χ3v) is 3.93. The third kappa shape index (κ3) is 4.03. The summed E-state index contributed by atoms with van der Waals surface area (Å²) in [6.07, 6.45) is 6.20. The molecule has 1 N–H and O–H groups in total. The summed E-state index contributed by atoms with van der Waals surface area (Å²) < 4.78 is 7.40. The van der Waals surface area contributed by atoms with Crippen LogP contribution in [0.2, 0.25) is 0 Å². The first-order valence-corrected chi connectivity index (χ1v) is 8.12. The lowest BCUT2D eigenvalue weighted by Gasteiger charge is -2.08. The van der Waals surface area contributed by atoms with E-state index in [9.17, 15) is 4.79 Å². The molecule has 1 aromatic carbocycles. The molecule has 0 spiro atoms. The minimum Gasteiger partial charge on any atom is -0.494 e. The summed E-state index contributed by atoms with van der Waals surface area (Å²) in [5.74, 6) is 0.887. The van der Waals surface area contributed by atoms with Crippen molar-refractivity contribution in [3.63, 3.8) is 0 Å². The fraction of sp³-hybridized carbons (Fsp3) is 0.500. The van der Waals surface area contributed by atoms with Gasteiger partial charge in [-0.3, -0.25) is 4.57 Å². The van der Waals surface area contributed by atoms with Crippen molar-refractivity contribution in [3.8, 4) is 17.0 Å². The Bertz CT molecular complexity index is 638. The molecule has 0 amide bonds. The van der Waals surface area contributed by atoms with Gasteiger partial charge in [-0.2, -0.15) is 0 Å². The third-order valence-electron chi connectivity index (χ3n) is 3.93. The molecular weight excluding hydrogens is 276 g/mol. The number of unbranched alkanes of at least 4 members (excludes halogenated alkanes) is 4.